The Morgan fingerprint density at radius 3 is 2.38 bits per heavy atom. The Hall–Kier alpha value is -1.00. The van der Waals surface area contributed by atoms with Gasteiger partial charge in [-0.1, -0.05) is 39.0 Å². The highest BCUT2D eigenvalue weighted by Gasteiger charge is 2.06. The molecule has 0 aromatic carbocycles. The zero-order chi connectivity index (χ0) is 15.5. The number of unbranched alkanes of at least 4 members (excludes halogenated alkanes) is 5. The van der Waals surface area contributed by atoms with E-state index in [0.29, 0.717) is 13.2 Å². The number of ether oxygens (including phenoxy) is 1. The Balaban J connectivity index is 2.00. The fraction of sp³-hybridized carbons (Fsp3) is 0.765. The van der Waals surface area contributed by atoms with Crippen molar-refractivity contribution in [2.24, 2.45) is 0 Å². The zero-order valence-corrected chi connectivity index (χ0v) is 13.9. The van der Waals surface area contributed by atoms with Gasteiger partial charge in [0.05, 0.1) is 19.3 Å². The summed E-state index contributed by atoms with van der Waals surface area (Å²) in [7, 11) is 0. The number of aryl methyl sites for hydroxylation is 2. The number of rotatable bonds is 12. The lowest BCUT2D eigenvalue weighted by Crippen LogP contribution is -2.30. The molecule has 0 aliphatic rings. The van der Waals surface area contributed by atoms with Gasteiger partial charge in [-0.15, -0.1) is 0 Å². The van der Waals surface area contributed by atoms with Crippen LogP contribution in [0.5, 0.6) is 0 Å². The van der Waals surface area contributed by atoms with Crippen molar-refractivity contribution in [2.45, 2.75) is 65.4 Å². The van der Waals surface area contributed by atoms with Crippen LogP contribution in [0.3, 0.4) is 0 Å². The summed E-state index contributed by atoms with van der Waals surface area (Å²) in [6.07, 6.45) is 7.12. The second kappa shape index (κ2) is 10.7. The van der Waals surface area contributed by atoms with E-state index in [2.05, 4.69) is 24.5 Å². The molecule has 0 aliphatic heterocycles. The van der Waals surface area contributed by atoms with Crippen LogP contribution < -0.4 is 5.43 Å². The van der Waals surface area contributed by atoms with E-state index in [4.69, 9.17) is 4.74 Å². The van der Waals surface area contributed by atoms with Crippen LogP contribution in [0.2, 0.25) is 0 Å². The topological polar surface area (TPSA) is 46.4 Å². The molecule has 2 N–H and O–H groups in total. The van der Waals surface area contributed by atoms with E-state index in [1.54, 1.807) is 0 Å². The third-order valence-electron chi connectivity index (χ3n) is 3.71. The first-order chi connectivity index (χ1) is 10.1. The summed E-state index contributed by atoms with van der Waals surface area (Å²) in [4.78, 5) is 0. The summed E-state index contributed by atoms with van der Waals surface area (Å²) in [5.74, 6) is 0. The second-order valence-corrected chi connectivity index (χ2v) is 5.81. The smallest absolute Gasteiger partial charge is 0.0961 e. The molecule has 1 heterocycles. The number of aliphatic hydroxyl groups is 1. The van der Waals surface area contributed by atoms with E-state index < -0.39 is 6.10 Å². The quantitative estimate of drug-likeness (QED) is 0.581. The van der Waals surface area contributed by atoms with Crippen molar-refractivity contribution in [3.05, 3.63) is 23.5 Å². The molecule has 1 unspecified atom stereocenters. The Morgan fingerprint density at radius 1 is 1.10 bits per heavy atom. The highest BCUT2D eigenvalue weighted by Crippen LogP contribution is 2.05. The SMILES string of the molecule is CCCCCCCCOCC(O)CNn1c(C)ccc1C. The fourth-order valence-electron chi connectivity index (χ4n) is 2.38. The molecule has 0 bridgehead atoms. The maximum absolute atomic E-state index is 9.90. The molecule has 122 valence electrons. The van der Waals surface area contributed by atoms with Gasteiger partial charge in [0.1, 0.15) is 0 Å². The molecule has 1 atom stereocenters. The van der Waals surface area contributed by atoms with E-state index in [-0.39, 0.29) is 0 Å². The number of aliphatic hydroxyl groups excluding tert-OH is 1. The molecule has 0 saturated carbocycles. The van der Waals surface area contributed by atoms with E-state index in [1.165, 1.54) is 32.1 Å². The Bertz CT molecular complexity index is 357. The lowest BCUT2D eigenvalue weighted by Gasteiger charge is -2.16. The molecule has 4 nitrogen and oxygen atoms in total. The van der Waals surface area contributed by atoms with Crippen LogP contribution in [-0.2, 0) is 4.74 Å². The summed E-state index contributed by atoms with van der Waals surface area (Å²) in [6.45, 7) is 7.98. The molecule has 0 spiro atoms. The van der Waals surface area contributed by atoms with Gasteiger partial charge in [0, 0.05) is 18.0 Å². The molecule has 0 aliphatic carbocycles. The van der Waals surface area contributed by atoms with Gasteiger partial charge in [0.25, 0.3) is 0 Å². The largest absolute Gasteiger partial charge is 0.389 e. The molecule has 21 heavy (non-hydrogen) atoms. The van der Waals surface area contributed by atoms with Crippen LogP contribution in [0.15, 0.2) is 12.1 Å². The molecule has 1 aromatic rings. The van der Waals surface area contributed by atoms with Gasteiger partial charge in [-0.2, -0.15) is 0 Å². The maximum Gasteiger partial charge on any atom is 0.0961 e. The van der Waals surface area contributed by atoms with Crippen molar-refractivity contribution in [1.29, 1.82) is 0 Å². The summed E-state index contributed by atoms with van der Waals surface area (Å²) in [5.41, 5.74) is 5.51. The van der Waals surface area contributed by atoms with Gasteiger partial charge in [-0.3, -0.25) is 4.68 Å². The van der Waals surface area contributed by atoms with Crippen molar-refractivity contribution < 1.29 is 9.84 Å². The third kappa shape index (κ3) is 7.53. The Labute approximate surface area is 129 Å². The minimum absolute atomic E-state index is 0.404. The predicted molar refractivity (Wildman–Crippen MR) is 88.3 cm³/mol. The van der Waals surface area contributed by atoms with E-state index in [1.807, 2.05) is 18.5 Å². The number of aromatic nitrogens is 1. The first kappa shape index (κ1) is 18.1. The summed E-state index contributed by atoms with van der Waals surface area (Å²) in [6, 6.07) is 4.12. The standard InChI is InChI=1S/C17H32N2O2/c1-4-5-6-7-8-9-12-21-14-17(20)13-18-19-15(2)10-11-16(19)3/h10-11,17-18,20H,4-9,12-14H2,1-3H3. The van der Waals surface area contributed by atoms with Crippen molar-refractivity contribution in [3.8, 4) is 0 Å². The molecule has 0 fully saturated rings. The molecular weight excluding hydrogens is 264 g/mol. The Kier molecular flexibility index (Phi) is 9.19. The zero-order valence-electron chi connectivity index (χ0n) is 13.9. The van der Waals surface area contributed by atoms with Crippen LogP contribution in [0.1, 0.15) is 56.8 Å². The van der Waals surface area contributed by atoms with Crippen LogP contribution in [0.4, 0.5) is 0 Å². The van der Waals surface area contributed by atoms with Crippen molar-refractivity contribution in [1.82, 2.24) is 4.68 Å². The monoisotopic (exact) mass is 296 g/mol. The van der Waals surface area contributed by atoms with Crippen LogP contribution in [0, 0.1) is 13.8 Å². The molecular formula is C17H32N2O2. The molecule has 0 amide bonds. The van der Waals surface area contributed by atoms with Gasteiger partial charge in [-0.25, -0.2) is 0 Å². The van der Waals surface area contributed by atoms with Gasteiger partial charge < -0.3 is 15.3 Å². The fourth-order valence-corrected chi connectivity index (χ4v) is 2.38. The van der Waals surface area contributed by atoms with Crippen molar-refractivity contribution in [2.75, 3.05) is 25.2 Å². The van der Waals surface area contributed by atoms with Crippen LogP contribution >= 0.6 is 0 Å². The molecule has 1 aromatic heterocycles. The number of hydrogen-bond acceptors (Lipinski definition) is 3. The molecule has 1 rings (SSSR count). The maximum atomic E-state index is 9.90. The molecule has 0 saturated heterocycles. The molecule has 4 heteroatoms. The highest BCUT2D eigenvalue weighted by atomic mass is 16.5. The average Bonchev–Trinajstić information content (AvgIpc) is 2.78. The highest BCUT2D eigenvalue weighted by molar-refractivity contribution is 5.15. The van der Waals surface area contributed by atoms with Crippen LogP contribution in [-0.4, -0.2) is 35.6 Å². The van der Waals surface area contributed by atoms with E-state index in [0.717, 1.165) is 24.4 Å². The second-order valence-electron chi connectivity index (χ2n) is 5.81. The lowest BCUT2D eigenvalue weighted by atomic mass is 10.1. The van der Waals surface area contributed by atoms with Crippen molar-refractivity contribution in [3.63, 3.8) is 0 Å². The van der Waals surface area contributed by atoms with Crippen LogP contribution in [0.25, 0.3) is 0 Å². The summed E-state index contributed by atoms with van der Waals surface area (Å²) in [5, 5.41) is 9.90. The van der Waals surface area contributed by atoms with Crippen molar-refractivity contribution >= 4 is 0 Å². The first-order valence-corrected chi connectivity index (χ1v) is 8.29. The average molecular weight is 296 g/mol. The van der Waals surface area contributed by atoms with E-state index >= 15 is 0 Å². The summed E-state index contributed by atoms with van der Waals surface area (Å²) < 4.78 is 7.53. The van der Waals surface area contributed by atoms with Gasteiger partial charge in [-0.05, 0) is 32.4 Å². The number of nitrogens with zero attached hydrogens (tertiary/aromatic N) is 1. The normalized spacial score (nSPS) is 12.6. The number of nitrogens with one attached hydrogen (secondary N) is 1. The van der Waals surface area contributed by atoms with Gasteiger partial charge in [0.2, 0.25) is 0 Å². The first-order valence-electron chi connectivity index (χ1n) is 8.29. The Morgan fingerprint density at radius 2 is 1.71 bits per heavy atom. The van der Waals surface area contributed by atoms with Gasteiger partial charge >= 0.3 is 0 Å². The minimum atomic E-state index is -0.466. The van der Waals surface area contributed by atoms with Gasteiger partial charge in [0.15, 0.2) is 0 Å². The lowest BCUT2D eigenvalue weighted by molar-refractivity contribution is 0.0404. The number of hydrogen-bond donors (Lipinski definition) is 2. The summed E-state index contributed by atoms with van der Waals surface area (Å²) >= 11 is 0. The van der Waals surface area contributed by atoms with E-state index in [9.17, 15) is 5.11 Å². The minimum Gasteiger partial charge on any atom is -0.389 e. The predicted octanol–water partition coefficient (Wildman–Crippen LogP) is 3.39. The third-order valence-corrected chi connectivity index (χ3v) is 3.71. The molecule has 0 radical (unpaired) electrons.